The Morgan fingerprint density at radius 2 is 2.05 bits per heavy atom. The van der Waals surface area contributed by atoms with Crippen LogP contribution in [0.5, 0.6) is 5.88 Å². The van der Waals surface area contributed by atoms with E-state index < -0.39 is 0 Å². The first kappa shape index (κ1) is 16.2. The SMILES string of the molecule is COc1ncccc1CN1CCC(CNC(C)(C)C)CC1. The highest BCUT2D eigenvalue weighted by Crippen LogP contribution is 2.22. The lowest BCUT2D eigenvalue weighted by molar-refractivity contribution is 0.168. The van der Waals surface area contributed by atoms with Gasteiger partial charge < -0.3 is 10.1 Å². The van der Waals surface area contributed by atoms with E-state index in [-0.39, 0.29) is 5.54 Å². The Balaban J connectivity index is 1.79. The van der Waals surface area contributed by atoms with Crippen LogP contribution in [-0.4, -0.2) is 42.2 Å². The van der Waals surface area contributed by atoms with Crippen molar-refractivity contribution in [2.45, 2.75) is 45.7 Å². The molecule has 2 heterocycles. The maximum atomic E-state index is 5.34. The fourth-order valence-corrected chi connectivity index (χ4v) is 2.77. The molecule has 118 valence electrons. The number of likely N-dealkylation sites (tertiary alicyclic amines) is 1. The number of pyridine rings is 1. The summed E-state index contributed by atoms with van der Waals surface area (Å²) in [4.78, 5) is 6.78. The number of nitrogens with zero attached hydrogens (tertiary/aromatic N) is 2. The summed E-state index contributed by atoms with van der Waals surface area (Å²) in [7, 11) is 1.69. The van der Waals surface area contributed by atoms with Crippen molar-refractivity contribution in [3.8, 4) is 5.88 Å². The zero-order valence-corrected chi connectivity index (χ0v) is 13.9. The minimum Gasteiger partial charge on any atom is -0.481 e. The Hall–Kier alpha value is -1.13. The molecule has 0 amide bonds. The molecule has 21 heavy (non-hydrogen) atoms. The molecule has 1 aliphatic heterocycles. The van der Waals surface area contributed by atoms with Gasteiger partial charge in [-0.3, -0.25) is 4.90 Å². The first-order chi connectivity index (χ1) is 9.98. The largest absolute Gasteiger partial charge is 0.481 e. The third-order valence-electron chi connectivity index (χ3n) is 4.07. The molecule has 4 nitrogen and oxygen atoms in total. The second-order valence-electron chi connectivity index (χ2n) is 7.02. The van der Waals surface area contributed by atoms with Crippen LogP contribution in [-0.2, 0) is 6.54 Å². The van der Waals surface area contributed by atoms with Crippen LogP contribution in [0, 0.1) is 5.92 Å². The molecule has 1 aliphatic rings. The number of methoxy groups -OCH3 is 1. The fraction of sp³-hybridized carbons (Fsp3) is 0.706. The van der Waals surface area contributed by atoms with E-state index in [0.29, 0.717) is 0 Å². The molecule has 2 rings (SSSR count). The molecule has 0 unspecified atom stereocenters. The number of aromatic nitrogens is 1. The van der Waals surface area contributed by atoms with Gasteiger partial charge in [0.2, 0.25) is 5.88 Å². The Kier molecular flexibility index (Phi) is 5.59. The lowest BCUT2D eigenvalue weighted by Gasteiger charge is -2.33. The highest BCUT2D eigenvalue weighted by atomic mass is 16.5. The Labute approximate surface area is 128 Å². The van der Waals surface area contributed by atoms with Crippen LogP contribution < -0.4 is 10.1 Å². The van der Waals surface area contributed by atoms with E-state index in [0.717, 1.165) is 38.0 Å². The molecule has 1 saturated heterocycles. The summed E-state index contributed by atoms with van der Waals surface area (Å²) in [6.07, 6.45) is 4.32. The van der Waals surface area contributed by atoms with Gasteiger partial charge in [0.15, 0.2) is 0 Å². The molecule has 0 atom stereocenters. The Bertz CT molecular complexity index is 434. The first-order valence-corrected chi connectivity index (χ1v) is 7.93. The number of hydrogen-bond donors (Lipinski definition) is 1. The van der Waals surface area contributed by atoms with Crippen molar-refractivity contribution in [1.29, 1.82) is 0 Å². The lowest BCUT2D eigenvalue weighted by Crippen LogP contribution is -2.42. The van der Waals surface area contributed by atoms with Crippen molar-refractivity contribution >= 4 is 0 Å². The molecule has 0 bridgehead atoms. The summed E-state index contributed by atoms with van der Waals surface area (Å²) in [5.74, 6) is 1.56. The van der Waals surface area contributed by atoms with Gasteiger partial charge in [-0.1, -0.05) is 6.07 Å². The van der Waals surface area contributed by atoms with E-state index >= 15 is 0 Å². The Morgan fingerprint density at radius 1 is 1.33 bits per heavy atom. The van der Waals surface area contributed by atoms with E-state index in [1.165, 1.54) is 18.4 Å². The van der Waals surface area contributed by atoms with Crippen molar-refractivity contribution in [3.63, 3.8) is 0 Å². The average Bonchev–Trinajstić information content (AvgIpc) is 2.46. The van der Waals surface area contributed by atoms with Crippen LogP contribution in [0.4, 0.5) is 0 Å². The van der Waals surface area contributed by atoms with Crippen molar-refractivity contribution in [2.75, 3.05) is 26.7 Å². The summed E-state index contributed by atoms with van der Waals surface area (Å²) in [5, 5.41) is 3.63. The van der Waals surface area contributed by atoms with Crippen molar-refractivity contribution in [2.24, 2.45) is 5.92 Å². The molecule has 0 aliphatic carbocycles. The standard InChI is InChI=1S/C17H29N3O/c1-17(2,3)19-12-14-7-10-20(11-8-14)13-15-6-5-9-18-16(15)21-4/h5-6,9,14,19H,7-8,10-13H2,1-4H3. The molecule has 1 N–H and O–H groups in total. The zero-order chi connectivity index (χ0) is 15.3. The number of nitrogens with one attached hydrogen (secondary N) is 1. The summed E-state index contributed by atoms with van der Waals surface area (Å²) >= 11 is 0. The quantitative estimate of drug-likeness (QED) is 0.905. The van der Waals surface area contributed by atoms with E-state index in [4.69, 9.17) is 4.74 Å². The third kappa shape index (κ3) is 5.29. The maximum Gasteiger partial charge on any atom is 0.217 e. The molecular weight excluding hydrogens is 262 g/mol. The molecule has 0 radical (unpaired) electrons. The second-order valence-corrected chi connectivity index (χ2v) is 7.02. The van der Waals surface area contributed by atoms with E-state index in [1.54, 1.807) is 13.3 Å². The summed E-state index contributed by atoms with van der Waals surface area (Å²) < 4.78 is 5.34. The normalized spacial score (nSPS) is 17.9. The van der Waals surface area contributed by atoms with Gasteiger partial charge in [-0.05, 0) is 65.2 Å². The number of ether oxygens (including phenoxy) is 1. The molecular formula is C17H29N3O. The van der Waals surface area contributed by atoms with E-state index in [9.17, 15) is 0 Å². The lowest BCUT2D eigenvalue weighted by atomic mass is 9.95. The monoisotopic (exact) mass is 291 g/mol. The van der Waals surface area contributed by atoms with Gasteiger partial charge in [0.05, 0.1) is 7.11 Å². The highest BCUT2D eigenvalue weighted by molar-refractivity contribution is 5.25. The van der Waals surface area contributed by atoms with Gasteiger partial charge >= 0.3 is 0 Å². The van der Waals surface area contributed by atoms with Crippen molar-refractivity contribution in [3.05, 3.63) is 23.9 Å². The van der Waals surface area contributed by atoms with Crippen LogP contribution in [0.1, 0.15) is 39.2 Å². The first-order valence-electron chi connectivity index (χ1n) is 7.93. The van der Waals surface area contributed by atoms with Crippen LogP contribution in [0.15, 0.2) is 18.3 Å². The van der Waals surface area contributed by atoms with Crippen molar-refractivity contribution in [1.82, 2.24) is 15.2 Å². The van der Waals surface area contributed by atoms with Gasteiger partial charge in [-0.25, -0.2) is 4.98 Å². The van der Waals surface area contributed by atoms with Crippen LogP contribution in [0.3, 0.4) is 0 Å². The number of hydrogen-bond acceptors (Lipinski definition) is 4. The zero-order valence-electron chi connectivity index (χ0n) is 13.9. The predicted octanol–water partition coefficient (Wildman–Crippen LogP) is 2.69. The smallest absolute Gasteiger partial charge is 0.217 e. The molecule has 1 fully saturated rings. The van der Waals surface area contributed by atoms with Crippen molar-refractivity contribution < 1.29 is 4.74 Å². The summed E-state index contributed by atoms with van der Waals surface area (Å²) in [5.41, 5.74) is 1.41. The highest BCUT2D eigenvalue weighted by Gasteiger charge is 2.21. The van der Waals surface area contributed by atoms with E-state index in [1.807, 2.05) is 6.07 Å². The predicted molar refractivity (Wildman–Crippen MR) is 86.5 cm³/mol. The molecule has 0 aromatic carbocycles. The summed E-state index contributed by atoms with van der Waals surface area (Å²) in [6.45, 7) is 11.1. The Morgan fingerprint density at radius 3 is 2.67 bits per heavy atom. The fourth-order valence-electron chi connectivity index (χ4n) is 2.77. The van der Waals surface area contributed by atoms with Gasteiger partial charge in [-0.2, -0.15) is 0 Å². The second kappa shape index (κ2) is 7.23. The molecule has 0 saturated carbocycles. The summed E-state index contributed by atoms with van der Waals surface area (Å²) in [6, 6.07) is 4.09. The van der Waals surface area contributed by atoms with Crippen LogP contribution >= 0.6 is 0 Å². The van der Waals surface area contributed by atoms with Gasteiger partial charge in [0.1, 0.15) is 0 Å². The third-order valence-corrected chi connectivity index (χ3v) is 4.07. The molecule has 1 aromatic heterocycles. The molecule has 1 aromatic rings. The minimum atomic E-state index is 0.222. The van der Waals surface area contributed by atoms with Gasteiger partial charge in [-0.15, -0.1) is 0 Å². The molecule has 4 heteroatoms. The maximum absolute atomic E-state index is 5.34. The average molecular weight is 291 g/mol. The number of piperidine rings is 1. The van der Waals surface area contributed by atoms with Crippen LogP contribution in [0.25, 0.3) is 0 Å². The van der Waals surface area contributed by atoms with Gasteiger partial charge in [0, 0.05) is 23.8 Å². The van der Waals surface area contributed by atoms with Crippen LogP contribution in [0.2, 0.25) is 0 Å². The molecule has 0 spiro atoms. The van der Waals surface area contributed by atoms with Gasteiger partial charge in [0.25, 0.3) is 0 Å². The minimum absolute atomic E-state index is 0.222. The topological polar surface area (TPSA) is 37.4 Å². The van der Waals surface area contributed by atoms with E-state index in [2.05, 4.69) is 42.0 Å². The number of rotatable bonds is 5.